The molecule has 1 saturated heterocycles. The summed E-state index contributed by atoms with van der Waals surface area (Å²) < 4.78 is 60.3. The summed E-state index contributed by atoms with van der Waals surface area (Å²) in [4.78, 5) is 115. The Balaban J connectivity index is 2.12. The maximum absolute atomic E-state index is 13.7. The lowest BCUT2D eigenvalue weighted by Gasteiger charge is -2.38. The zero-order chi connectivity index (χ0) is 46.2. The molecule has 0 bridgehead atoms. The van der Waals surface area contributed by atoms with Crippen LogP contribution in [0.15, 0.2) is 0 Å². The van der Waals surface area contributed by atoms with E-state index in [9.17, 15) is 43.2 Å². The summed E-state index contributed by atoms with van der Waals surface area (Å²) in [5.41, 5.74) is -0.992. The minimum atomic E-state index is -1.59. The van der Waals surface area contributed by atoms with E-state index in [1.54, 1.807) is 20.8 Å². The summed E-state index contributed by atoms with van der Waals surface area (Å²) in [6.07, 6.45) is -10.0. The first kappa shape index (κ1) is 51.5. The van der Waals surface area contributed by atoms with Crippen LogP contribution in [0.5, 0.6) is 5.88 Å². The molecule has 0 spiro atoms. The molecule has 1 fully saturated rings. The van der Waals surface area contributed by atoms with Crippen molar-refractivity contribution in [3.05, 3.63) is 0 Å². The molecular formula is C37H54N4O19S. The molecule has 0 aliphatic carbocycles. The van der Waals surface area contributed by atoms with E-state index in [1.165, 1.54) is 25.7 Å². The molecule has 2 rings (SSSR count). The molecular weight excluding hydrogens is 836 g/mol. The highest BCUT2D eigenvalue weighted by Crippen LogP contribution is 2.27. The standard InChI is InChI=1S/C37H54N4O19S/c1-19(56-34(48)22(4)58-35(49)23(5)57-32(46)20(2)54-25(7)42)31(45)53-18-28(44)41(37(9,10)11)16-27(60-36(50)24(6)59-33(47)21(3)55-26(8)43)17-52-30-29(38-61-39-30)40-12-14-51-15-13-40/h19-24,27H,12-18H2,1-11H3/t19?,20?,21?,22?,23?,24?,27-/m0/s1. The van der Waals surface area contributed by atoms with Gasteiger partial charge in [0.15, 0.2) is 49.3 Å². The summed E-state index contributed by atoms with van der Waals surface area (Å²) >= 11 is 0.887. The van der Waals surface area contributed by atoms with Crippen molar-refractivity contribution >= 4 is 71.2 Å². The van der Waals surface area contributed by atoms with E-state index in [1.807, 2.05) is 4.90 Å². The second-order valence-corrected chi connectivity index (χ2v) is 15.0. The van der Waals surface area contributed by atoms with Crippen molar-refractivity contribution in [3.8, 4) is 5.88 Å². The van der Waals surface area contributed by atoms with Crippen molar-refractivity contribution in [3.63, 3.8) is 0 Å². The Morgan fingerprint density at radius 3 is 1.48 bits per heavy atom. The average Bonchev–Trinajstić information content (AvgIpc) is 3.65. The van der Waals surface area contributed by atoms with E-state index in [0.717, 1.165) is 46.3 Å². The molecule has 1 aliphatic heterocycles. The topological polar surface area (TPSA) is 278 Å². The molecule has 24 heteroatoms. The monoisotopic (exact) mass is 890 g/mol. The molecule has 1 amide bonds. The number of hydrogen-bond donors (Lipinski definition) is 0. The second kappa shape index (κ2) is 24.0. The number of ether oxygens (including phenoxy) is 10. The van der Waals surface area contributed by atoms with Crippen LogP contribution in [0, 0.1) is 0 Å². The van der Waals surface area contributed by atoms with Crippen molar-refractivity contribution in [1.29, 1.82) is 0 Å². The van der Waals surface area contributed by atoms with Crippen LogP contribution in [0.1, 0.15) is 76.2 Å². The highest BCUT2D eigenvalue weighted by atomic mass is 32.1. The van der Waals surface area contributed by atoms with Crippen LogP contribution < -0.4 is 9.64 Å². The van der Waals surface area contributed by atoms with E-state index >= 15 is 0 Å². The fourth-order valence-corrected chi connectivity index (χ4v) is 5.46. The third-order valence-electron chi connectivity index (χ3n) is 8.13. The second-order valence-electron chi connectivity index (χ2n) is 14.5. The smallest absolute Gasteiger partial charge is 0.347 e. The number of hydrogen-bond acceptors (Lipinski definition) is 23. The number of nitrogens with zero attached hydrogens (tertiary/aromatic N) is 4. The van der Waals surface area contributed by atoms with Gasteiger partial charge in [-0.1, -0.05) is 0 Å². The third-order valence-corrected chi connectivity index (χ3v) is 8.63. The number of amides is 1. The summed E-state index contributed by atoms with van der Waals surface area (Å²) in [7, 11) is 0. The van der Waals surface area contributed by atoms with Crippen LogP contribution in [-0.2, 0) is 85.8 Å². The number of esters is 8. The van der Waals surface area contributed by atoms with E-state index in [2.05, 4.69) is 13.5 Å². The quantitative estimate of drug-likeness (QED) is 0.120. The molecule has 1 aromatic heterocycles. The molecule has 7 atom stereocenters. The van der Waals surface area contributed by atoms with E-state index in [0.29, 0.717) is 32.1 Å². The van der Waals surface area contributed by atoms with Gasteiger partial charge < -0.3 is 57.2 Å². The van der Waals surface area contributed by atoms with Gasteiger partial charge in [0.05, 0.1) is 31.5 Å². The first-order chi connectivity index (χ1) is 28.4. The van der Waals surface area contributed by atoms with Gasteiger partial charge in [-0.2, -0.15) is 4.37 Å². The largest absolute Gasteiger partial charge is 0.470 e. The molecule has 1 aliphatic rings. The van der Waals surface area contributed by atoms with Crippen molar-refractivity contribution < 1.29 is 90.5 Å². The van der Waals surface area contributed by atoms with Crippen LogP contribution in [0.2, 0.25) is 0 Å². The molecule has 0 saturated carbocycles. The van der Waals surface area contributed by atoms with Crippen molar-refractivity contribution in [1.82, 2.24) is 13.6 Å². The Bertz CT molecular complexity index is 1720. The molecule has 23 nitrogen and oxygen atoms in total. The first-order valence-corrected chi connectivity index (χ1v) is 19.8. The van der Waals surface area contributed by atoms with Gasteiger partial charge in [-0.3, -0.25) is 14.4 Å². The van der Waals surface area contributed by atoms with Crippen molar-refractivity contribution in [2.75, 3.05) is 51.0 Å². The number of anilines is 1. The van der Waals surface area contributed by atoms with Crippen molar-refractivity contribution in [2.45, 2.75) is 124 Å². The zero-order valence-electron chi connectivity index (χ0n) is 35.9. The lowest BCUT2D eigenvalue weighted by molar-refractivity contribution is -0.185. The van der Waals surface area contributed by atoms with Gasteiger partial charge >= 0.3 is 47.8 Å². The number of aromatic nitrogens is 2. The fraction of sp³-hybridized carbons (Fsp3) is 0.703. The maximum Gasteiger partial charge on any atom is 0.347 e. The molecule has 0 radical (unpaired) electrons. The number of carbonyl (C=O) groups excluding carboxylic acids is 9. The summed E-state index contributed by atoms with van der Waals surface area (Å²) in [6, 6.07) is 0. The Labute approximate surface area is 356 Å². The Morgan fingerprint density at radius 2 is 1.05 bits per heavy atom. The van der Waals surface area contributed by atoms with Crippen LogP contribution in [0.4, 0.5) is 5.82 Å². The summed E-state index contributed by atoms with van der Waals surface area (Å²) in [6.45, 7) is 14.7. The van der Waals surface area contributed by atoms with Gasteiger partial charge in [-0.25, -0.2) is 28.8 Å². The number of rotatable bonds is 21. The van der Waals surface area contributed by atoms with Crippen LogP contribution in [0.25, 0.3) is 0 Å². The van der Waals surface area contributed by atoms with Gasteiger partial charge in [0.25, 0.3) is 11.8 Å². The predicted molar refractivity (Wildman–Crippen MR) is 205 cm³/mol. The van der Waals surface area contributed by atoms with E-state index in [-0.39, 0.29) is 19.0 Å². The van der Waals surface area contributed by atoms with Gasteiger partial charge in [-0.05, 0) is 62.3 Å². The summed E-state index contributed by atoms with van der Waals surface area (Å²) in [5.74, 6) is -8.25. The number of carbonyl (C=O) groups is 9. The minimum Gasteiger partial charge on any atom is -0.470 e. The van der Waals surface area contributed by atoms with Crippen LogP contribution in [0.3, 0.4) is 0 Å². The van der Waals surface area contributed by atoms with Gasteiger partial charge in [0.1, 0.15) is 6.61 Å². The maximum atomic E-state index is 13.7. The first-order valence-electron chi connectivity index (χ1n) is 19.0. The molecule has 0 aromatic carbocycles. The van der Waals surface area contributed by atoms with Gasteiger partial charge in [-0.15, -0.1) is 4.37 Å². The lowest BCUT2D eigenvalue weighted by atomic mass is 10.1. The Morgan fingerprint density at radius 1 is 0.639 bits per heavy atom. The predicted octanol–water partition coefficient (Wildman–Crippen LogP) is 0.466. The van der Waals surface area contributed by atoms with Gasteiger partial charge in [0.2, 0.25) is 5.82 Å². The fourth-order valence-electron chi connectivity index (χ4n) is 4.94. The minimum absolute atomic E-state index is 0.127. The van der Waals surface area contributed by atoms with Gasteiger partial charge in [0, 0.05) is 32.5 Å². The SMILES string of the molecule is CC(=O)OC(C)C(=O)OC(C)C(=O)OC(C)C(=O)OC(C)C(=O)OCC(=O)N(C[C@@H](COc1nsnc1N1CCOCC1)OC(=O)C(C)OC(=O)C(C)OC(C)=O)C(C)(C)C. The molecule has 61 heavy (non-hydrogen) atoms. The lowest BCUT2D eigenvalue weighted by Crippen LogP contribution is -2.53. The Kier molecular flexibility index (Phi) is 20.2. The average molecular weight is 891 g/mol. The highest BCUT2D eigenvalue weighted by Gasteiger charge is 2.35. The van der Waals surface area contributed by atoms with E-state index in [4.69, 9.17) is 42.6 Å². The number of morpholine rings is 1. The Hall–Kier alpha value is -5.65. The molecule has 2 heterocycles. The summed E-state index contributed by atoms with van der Waals surface area (Å²) in [5, 5.41) is 0. The molecule has 342 valence electrons. The molecule has 6 unspecified atom stereocenters. The molecule has 1 aromatic rings. The normalized spacial score (nSPS) is 16.1. The zero-order valence-corrected chi connectivity index (χ0v) is 36.8. The van der Waals surface area contributed by atoms with Crippen LogP contribution >= 0.6 is 11.7 Å². The van der Waals surface area contributed by atoms with Crippen molar-refractivity contribution in [2.24, 2.45) is 0 Å². The highest BCUT2D eigenvalue weighted by molar-refractivity contribution is 6.99. The molecule has 0 N–H and O–H groups in total. The van der Waals surface area contributed by atoms with E-state index < -0.39 is 109 Å². The van der Waals surface area contributed by atoms with Crippen LogP contribution in [-0.4, -0.2) is 162 Å². The third kappa shape index (κ3) is 17.5.